The molecular weight excluding hydrogens is 422 g/mol. The van der Waals surface area contributed by atoms with Gasteiger partial charge < -0.3 is 25.6 Å². The topological polar surface area (TPSA) is 121 Å². The lowest BCUT2D eigenvalue weighted by atomic mass is 9.72. The molecule has 4 rings (SSSR count). The molecule has 0 spiro atoms. The number of phenols is 1. The number of aromatic hydroxyl groups is 1. The number of amides is 1. The molecule has 8 heteroatoms. The first-order valence-corrected chi connectivity index (χ1v) is 11.5. The Morgan fingerprint density at radius 3 is 2.82 bits per heavy atom. The van der Waals surface area contributed by atoms with Gasteiger partial charge in [0.2, 0.25) is 5.91 Å². The van der Waals surface area contributed by atoms with Crippen LogP contribution in [-0.2, 0) is 22.4 Å². The first kappa shape index (κ1) is 22.9. The lowest BCUT2D eigenvalue weighted by Crippen LogP contribution is -2.41. The van der Waals surface area contributed by atoms with Crippen molar-refractivity contribution in [2.45, 2.75) is 51.0 Å². The number of aliphatic carboxylic acids is 1. The molecule has 0 radical (unpaired) electrons. The molecule has 33 heavy (non-hydrogen) atoms. The number of methoxy groups -OCH3 is 1. The molecule has 8 nitrogen and oxygen atoms in total. The van der Waals surface area contributed by atoms with Crippen molar-refractivity contribution in [1.29, 1.82) is 0 Å². The van der Waals surface area contributed by atoms with E-state index in [4.69, 9.17) is 9.72 Å². The lowest BCUT2D eigenvalue weighted by Gasteiger charge is -2.35. The summed E-state index contributed by atoms with van der Waals surface area (Å²) in [5, 5.41) is 25.6. The van der Waals surface area contributed by atoms with E-state index >= 15 is 0 Å². The normalized spacial score (nSPS) is 20.0. The maximum atomic E-state index is 12.8. The fourth-order valence-corrected chi connectivity index (χ4v) is 4.69. The third-order valence-corrected chi connectivity index (χ3v) is 6.67. The van der Waals surface area contributed by atoms with Gasteiger partial charge in [0.25, 0.3) is 0 Å². The van der Waals surface area contributed by atoms with E-state index in [0.717, 1.165) is 56.6 Å². The smallest absolute Gasteiger partial charge is 0.305 e. The Morgan fingerprint density at radius 1 is 1.27 bits per heavy atom. The maximum absolute atomic E-state index is 12.8. The van der Waals surface area contributed by atoms with E-state index < -0.39 is 12.0 Å². The number of anilines is 1. The van der Waals surface area contributed by atoms with Crippen LogP contribution in [0.5, 0.6) is 11.5 Å². The van der Waals surface area contributed by atoms with Gasteiger partial charge in [-0.15, -0.1) is 0 Å². The van der Waals surface area contributed by atoms with Crippen LogP contribution in [0.3, 0.4) is 0 Å². The minimum absolute atomic E-state index is 0.0886. The zero-order chi connectivity index (χ0) is 23.4. The zero-order valence-electron chi connectivity index (χ0n) is 18.8. The molecule has 1 fully saturated rings. The first-order chi connectivity index (χ1) is 15.9. The standard InChI is InChI=1S/C25H31N3O5/c1-33-22-9-6-17(13-21(22)29)20(14-23(30)31)28-25(32)18-11-15(12-18)4-7-19-8-5-16-3-2-10-26-24(16)27-19/h5-6,8-9,13,15,18,20,29H,2-4,7,10-12,14H2,1H3,(H,26,27)(H,28,32)(H,30,31)/t15-,18-,20-/m0/s1. The van der Waals surface area contributed by atoms with Crippen molar-refractivity contribution in [3.8, 4) is 11.5 Å². The monoisotopic (exact) mass is 453 g/mol. The van der Waals surface area contributed by atoms with Crippen LogP contribution in [0.1, 0.15) is 55.0 Å². The van der Waals surface area contributed by atoms with Gasteiger partial charge in [-0.1, -0.05) is 12.1 Å². The Morgan fingerprint density at radius 2 is 2.09 bits per heavy atom. The van der Waals surface area contributed by atoms with E-state index in [1.54, 1.807) is 12.1 Å². The third-order valence-electron chi connectivity index (χ3n) is 6.67. The quantitative estimate of drug-likeness (QED) is 0.459. The number of rotatable bonds is 9. The van der Waals surface area contributed by atoms with Crippen molar-refractivity contribution < 1.29 is 24.5 Å². The molecular formula is C25H31N3O5. The van der Waals surface area contributed by atoms with Crippen LogP contribution in [0.2, 0.25) is 0 Å². The second kappa shape index (κ2) is 10.1. The second-order valence-corrected chi connectivity index (χ2v) is 9.00. The van der Waals surface area contributed by atoms with Crippen LogP contribution in [0.15, 0.2) is 30.3 Å². The summed E-state index contributed by atoms with van der Waals surface area (Å²) in [5.41, 5.74) is 2.90. The molecule has 4 N–H and O–H groups in total. The summed E-state index contributed by atoms with van der Waals surface area (Å²) >= 11 is 0. The molecule has 2 aromatic rings. The summed E-state index contributed by atoms with van der Waals surface area (Å²) in [5.74, 6) is 0.419. The van der Waals surface area contributed by atoms with Gasteiger partial charge in [0.1, 0.15) is 5.82 Å². The van der Waals surface area contributed by atoms with E-state index in [1.807, 2.05) is 0 Å². The SMILES string of the molecule is COc1ccc([C@H](CC(=O)O)NC(=O)[C@H]2C[C@H](CCc3ccc4c(n3)NCCC4)C2)cc1O. The predicted octanol–water partition coefficient (Wildman–Crippen LogP) is 3.44. The van der Waals surface area contributed by atoms with E-state index in [-0.39, 0.29) is 24.0 Å². The minimum Gasteiger partial charge on any atom is -0.504 e. The molecule has 176 valence electrons. The molecule has 0 bridgehead atoms. The van der Waals surface area contributed by atoms with Gasteiger partial charge in [-0.05, 0) is 73.8 Å². The number of pyridine rings is 1. The number of nitrogens with one attached hydrogen (secondary N) is 2. The number of ether oxygens (including phenoxy) is 1. The molecule has 1 aromatic carbocycles. The van der Waals surface area contributed by atoms with Crippen molar-refractivity contribution >= 4 is 17.7 Å². The molecule has 1 amide bonds. The number of carboxylic acids is 1. The van der Waals surface area contributed by atoms with Crippen molar-refractivity contribution in [2.75, 3.05) is 19.0 Å². The maximum Gasteiger partial charge on any atom is 0.305 e. The highest BCUT2D eigenvalue weighted by Gasteiger charge is 2.35. The number of benzene rings is 1. The fraction of sp³-hybridized carbons (Fsp3) is 0.480. The number of hydrogen-bond acceptors (Lipinski definition) is 6. The Balaban J connectivity index is 1.28. The number of aromatic nitrogens is 1. The van der Waals surface area contributed by atoms with Crippen molar-refractivity contribution in [1.82, 2.24) is 10.3 Å². The predicted molar refractivity (Wildman–Crippen MR) is 123 cm³/mol. The molecule has 1 aromatic heterocycles. The average molecular weight is 454 g/mol. The summed E-state index contributed by atoms with van der Waals surface area (Å²) in [6.07, 6.45) is 5.43. The van der Waals surface area contributed by atoms with Crippen LogP contribution in [0, 0.1) is 11.8 Å². The second-order valence-electron chi connectivity index (χ2n) is 9.00. The van der Waals surface area contributed by atoms with Crippen molar-refractivity contribution in [3.63, 3.8) is 0 Å². The molecule has 2 heterocycles. The van der Waals surface area contributed by atoms with Gasteiger partial charge in [0.05, 0.1) is 19.6 Å². The van der Waals surface area contributed by atoms with Crippen LogP contribution >= 0.6 is 0 Å². The lowest BCUT2D eigenvalue weighted by molar-refractivity contribution is -0.138. The van der Waals surface area contributed by atoms with Gasteiger partial charge in [-0.25, -0.2) is 4.98 Å². The number of carboxylic acid groups (broad SMARTS) is 1. The molecule has 2 aliphatic rings. The number of phenolic OH excluding ortho intramolecular Hbond substituents is 1. The molecule has 1 aliphatic carbocycles. The Kier molecular flexibility index (Phi) is 7.01. The number of carbonyl (C=O) groups excluding carboxylic acids is 1. The first-order valence-electron chi connectivity index (χ1n) is 11.5. The average Bonchev–Trinajstić information content (AvgIpc) is 2.77. The number of nitrogens with zero attached hydrogens (tertiary/aromatic N) is 1. The number of aryl methyl sites for hydroxylation is 2. The fourth-order valence-electron chi connectivity index (χ4n) is 4.69. The van der Waals surface area contributed by atoms with E-state index in [9.17, 15) is 19.8 Å². The molecule has 1 saturated carbocycles. The Labute approximate surface area is 193 Å². The molecule has 0 unspecified atom stereocenters. The van der Waals surface area contributed by atoms with Crippen LogP contribution < -0.4 is 15.4 Å². The summed E-state index contributed by atoms with van der Waals surface area (Å²) in [4.78, 5) is 28.8. The van der Waals surface area contributed by atoms with Gasteiger partial charge in [0.15, 0.2) is 11.5 Å². The zero-order valence-corrected chi connectivity index (χ0v) is 18.8. The highest BCUT2D eigenvalue weighted by Crippen LogP contribution is 2.38. The summed E-state index contributed by atoms with van der Waals surface area (Å²) in [7, 11) is 1.44. The summed E-state index contributed by atoms with van der Waals surface area (Å²) in [6, 6.07) is 8.23. The number of carbonyl (C=O) groups is 2. The summed E-state index contributed by atoms with van der Waals surface area (Å²) in [6.45, 7) is 0.974. The van der Waals surface area contributed by atoms with E-state index in [1.165, 1.54) is 18.7 Å². The van der Waals surface area contributed by atoms with E-state index in [2.05, 4.69) is 22.8 Å². The van der Waals surface area contributed by atoms with Crippen molar-refractivity contribution in [2.24, 2.45) is 11.8 Å². The Hall–Kier alpha value is -3.29. The van der Waals surface area contributed by atoms with Gasteiger partial charge in [0, 0.05) is 18.2 Å². The third kappa shape index (κ3) is 5.56. The van der Waals surface area contributed by atoms with Gasteiger partial charge in [-0.2, -0.15) is 0 Å². The largest absolute Gasteiger partial charge is 0.504 e. The molecule has 1 atom stereocenters. The van der Waals surface area contributed by atoms with Gasteiger partial charge in [-0.3, -0.25) is 9.59 Å². The van der Waals surface area contributed by atoms with Crippen molar-refractivity contribution in [3.05, 3.63) is 47.2 Å². The highest BCUT2D eigenvalue weighted by atomic mass is 16.5. The highest BCUT2D eigenvalue weighted by molar-refractivity contribution is 5.81. The van der Waals surface area contributed by atoms with Gasteiger partial charge >= 0.3 is 5.97 Å². The van der Waals surface area contributed by atoms with Crippen LogP contribution in [0.4, 0.5) is 5.82 Å². The van der Waals surface area contributed by atoms with E-state index in [0.29, 0.717) is 17.2 Å². The summed E-state index contributed by atoms with van der Waals surface area (Å²) < 4.78 is 5.04. The van der Waals surface area contributed by atoms with Crippen LogP contribution in [-0.4, -0.2) is 40.7 Å². The minimum atomic E-state index is -1.02. The Bertz CT molecular complexity index is 1020. The number of hydrogen-bond donors (Lipinski definition) is 4. The van der Waals surface area contributed by atoms with Crippen LogP contribution in [0.25, 0.3) is 0 Å². The number of fused-ring (bicyclic) bond motifs is 1. The molecule has 1 aliphatic heterocycles. The molecule has 0 saturated heterocycles.